The molecule has 1 aliphatic rings. The molecule has 0 spiro atoms. The normalized spacial score (nSPS) is 16.7. The number of hydrogen-bond donors (Lipinski definition) is 1. The Labute approximate surface area is 126 Å². The summed E-state index contributed by atoms with van der Waals surface area (Å²) in [5.41, 5.74) is 6.76. The van der Waals surface area contributed by atoms with Gasteiger partial charge in [0.2, 0.25) is 0 Å². The van der Waals surface area contributed by atoms with Crippen LogP contribution in [0.25, 0.3) is 10.9 Å². The van der Waals surface area contributed by atoms with E-state index in [-0.39, 0.29) is 0 Å². The van der Waals surface area contributed by atoms with Crippen LogP contribution < -0.4 is 10.2 Å². The second kappa shape index (κ2) is 6.31. The molecule has 112 valence electrons. The largest absolute Gasteiger partial charge is 0.497 e. The van der Waals surface area contributed by atoms with Crippen molar-refractivity contribution in [2.75, 3.05) is 25.6 Å². The lowest BCUT2D eigenvalue weighted by Gasteiger charge is -2.23. The molecule has 0 amide bonds. The summed E-state index contributed by atoms with van der Waals surface area (Å²) in [6.45, 7) is 4.25. The van der Waals surface area contributed by atoms with Crippen LogP contribution in [0.3, 0.4) is 0 Å². The summed E-state index contributed by atoms with van der Waals surface area (Å²) in [5, 5.41) is 3.45. The molecule has 1 aromatic heterocycles. The van der Waals surface area contributed by atoms with Gasteiger partial charge in [-0.2, -0.15) is 0 Å². The van der Waals surface area contributed by atoms with Crippen LogP contribution in [0.1, 0.15) is 31.4 Å². The lowest BCUT2D eigenvalue weighted by atomic mass is 10.1. The molecule has 2 heterocycles. The molecular weight excluding hydrogens is 262 g/mol. The fourth-order valence-electron chi connectivity index (χ4n) is 2.91. The first-order valence-corrected chi connectivity index (χ1v) is 7.73. The smallest absolute Gasteiger partial charge is 0.119 e. The molecule has 0 atom stereocenters. The summed E-state index contributed by atoms with van der Waals surface area (Å²) in [6, 6.07) is 8.16. The lowest BCUT2D eigenvalue weighted by molar-refractivity contribution is 0.344. The second-order valence-electron chi connectivity index (χ2n) is 5.71. The highest BCUT2D eigenvalue weighted by atomic mass is 16.5. The summed E-state index contributed by atoms with van der Waals surface area (Å²) in [6.07, 6.45) is 5.20. The van der Waals surface area contributed by atoms with E-state index in [4.69, 9.17) is 4.74 Å². The maximum atomic E-state index is 5.35. The maximum Gasteiger partial charge on any atom is 0.119 e. The van der Waals surface area contributed by atoms with E-state index in [9.17, 15) is 0 Å². The Bertz CT molecular complexity index is 619. The van der Waals surface area contributed by atoms with Crippen molar-refractivity contribution in [3.63, 3.8) is 0 Å². The van der Waals surface area contributed by atoms with Gasteiger partial charge in [0.25, 0.3) is 0 Å². The number of methoxy groups -OCH3 is 1. The zero-order chi connectivity index (χ0) is 14.7. The van der Waals surface area contributed by atoms with Gasteiger partial charge < -0.3 is 10.2 Å². The number of anilines is 1. The average Bonchev–Trinajstić information content (AvgIpc) is 2.75. The zero-order valence-corrected chi connectivity index (χ0v) is 12.9. The standard InChI is InChI=1S/C17H23N3O/c1-13-11-17(19-20-9-5-3-4-6-10-20)15-12-14(21-2)7-8-16(15)18-13/h7-8,11-12H,3-6,9-10H2,1-2H3,(H,18,19). The number of nitrogens with zero attached hydrogens (tertiary/aromatic N) is 2. The molecule has 4 heteroatoms. The van der Waals surface area contributed by atoms with Gasteiger partial charge in [-0.15, -0.1) is 0 Å². The van der Waals surface area contributed by atoms with Crippen LogP contribution in [-0.2, 0) is 0 Å². The lowest BCUT2D eigenvalue weighted by Crippen LogP contribution is -2.30. The van der Waals surface area contributed by atoms with Gasteiger partial charge in [0.1, 0.15) is 5.75 Å². The minimum atomic E-state index is 0.868. The number of benzene rings is 1. The fraction of sp³-hybridized carbons (Fsp3) is 0.471. The molecule has 1 aromatic carbocycles. The molecule has 4 nitrogen and oxygen atoms in total. The molecule has 3 rings (SSSR count). The van der Waals surface area contributed by atoms with Gasteiger partial charge in [0.05, 0.1) is 18.3 Å². The quantitative estimate of drug-likeness (QED) is 0.932. The van der Waals surface area contributed by atoms with Crippen molar-refractivity contribution in [2.24, 2.45) is 0 Å². The third-order valence-electron chi connectivity index (χ3n) is 4.03. The molecule has 0 radical (unpaired) electrons. The minimum Gasteiger partial charge on any atom is -0.497 e. The predicted molar refractivity (Wildman–Crippen MR) is 86.7 cm³/mol. The van der Waals surface area contributed by atoms with Gasteiger partial charge in [-0.05, 0) is 44.0 Å². The van der Waals surface area contributed by atoms with Gasteiger partial charge in [0.15, 0.2) is 0 Å². The molecule has 0 bridgehead atoms. The van der Waals surface area contributed by atoms with Gasteiger partial charge in [-0.25, -0.2) is 5.01 Å². The van der Waals surface area contributed by atoms with E-state index in [1.165, 1.54) is 25.7 Å². The van der Waals surface area contributed by atoms with Gasteiger partial charge in [-0.3, -0.25) is 4.98 Å². The first-order valence-electron chi connectivity index (χ1n) is 7.73. The van der Waals surface area contributed by atoms with E-state index in [0.717, 1.165) is 41.1 Å². The van der Waals surface area contributed by atoms with Gasteiger partial charge in [0, 0.05) is 24.2 Å². The maximum absolute atomic E-state index is 5.35. The third-order valence-corrected chi connectivity index (χ3v) is 4.03. The average molecular weight is 285 g/mol. The Morgan fingerprint density at radius 3 is 2.57 bits per heavy atom. The Kier molecular flexibility index (Phi) is 4.25. The summed E-state index contributed by atoms with van der Waals surface area (Å²) < 4.78 is 5.35. The summed E-state index contributed by atoms with van der Waals surface area (Å²) >= 11 is 0. The van der Waals surface area contributed by atoms with Crippen molar-refractivity contribution in [1.82, 2.24) is 9.99 Å². The topological polar surface area (TPSA) is 37.4 Å². The van der Waals surface area contributed by atoms with Crippen LogP contribution in [-0.4, -0.2) is 30.2 Å². The van der Waals surface area contributed by atoms with Crippen LogP contribution in [0.2, 0.25) is 0 Å². The molecule has 1 aliphatic heterocycles. The number of ether oxygens (including phenoxy) is 1. The molecule has 0 saturated carbocycles. The Morgan fingerprint density at radius 2 is 1.86 bits per heavy atom. The van der Waals surface area contributed by atoms with Crippen molar-refractivity contribution >= 4 is 16.6 Å². The van der Waals surface area contributed by atoms with E-state index >= 15 is 0 Å². The molecule has 0 unspecified atom stereocenters. The minimum absolute atomic E-state index is 0.868. The van der Waals surface area contributed by atoms with E-state index in [1.54, 1.807) is 7.11 Å². The van der Waals surface area contributed by atoms with E-state index in [1.807, 2.05) is 19.1 Å². The number of rotatable bonds is 3. The van der Waals surface area contributed by atoms with Crippen LogP contribution in [0.5, 0.6) is 5.75 Å². The SMILES string of the molecule is COc1ccc2nc(C)cc(NN3CCCCCC3)c2c1. The molecular formula is C17H23N3O. The van der Waals surface area contributed by atoms with Crippen LogP contribution >= 0.6 is 0 Å². The number of aromatic nitrogens is 1. The van der Waals surface area contributed by atoms with E-state index in [2.05, 4.69) is 27.6 Å². The Hall–Kier alpha value is -1.81. The molecule has 0 aliphatic carbocycles. The Balaban J connectivity index is 1.95. The molecule has 1 saturated heterocycles. The van der Waals surface area contributed by atoms with Gasteiger partial charge in [-0.1, -0.05) is 12.8 Å². The van der Waals surface area contributed by atoms with Crippen molar-refractivity contribution in [3.05, 3.63) is 30.0 Å². The van der Waals surface area contributed by atoms with Crippen molar-refractivity contribution in [2.45, 2.75) is 32.6 Å². The van der Waals surface area contributed by atoms with Gasteiger partial charge >= 0.3 is 0 Å². The third kappa shape index (κ3) is 3.27. The first-order chi connectivity index (χ1) is 10.3. The zero-order valence-electron chi connectivity index (χ0n) is 12.9. The molecule has 21 heavy (non-hydrogen) atoms. The van der Waals surface area contributed by atoms with Crippen molar-refractivity contribution in [1.29, 1.82) is 0 Å². The fourth-order valence-corrected chi connectivity index (χ4v) is 2.91. The highest BCUT2D eigenvalue weighted by Crippen LogP contribution is 2.28. The number of pyridine rings is 1. The summed E-state index contributed by atoms with van der Waals surface area (Å²) in [5.74, 6) is 0.868. The van der Waals surface area contributed by atoms with Crippen molar-refractivity contribution < 1.29 is 4.74 Å². The molecule has 1 N–H and O–H groups in total. The number of hydrazine groups is 1. The van der Waals surface area contributed by atoms with E-state index < -0.39 is 0 Å². The molecule has 1 fully saturated rings. The van der Waals surface area contributed by atoms with Crippen LogP contribution in [0.4, 0.5) is 5.69 Å². The monoisotopic (exact) mass is 285 g/mol. The summed E-state index contributed by atoms with van der Waals surface area (Å²) in [4.78, 5) is 4.61. The Morgan fingerprint density at radius 1 is 1.10 bits per heavy atom. The van der Waals surface area contributed by atoms with Crippen LogP contribution in [0.15, 0.2) is 24.3 Å². The van der Waals surface area contributed by atoms with Crippen molar-refractivity contribution in [3.8, 4) is 5.75 Å². The number of aryl methyl sites for hydroxylation is 1. The number of fused-ring (bicyclic) bond motifs is 1. The van der Waals surface area contributed by atoms with E-state index in [0.29, 0.717) is 0 Å². The highest BCUT2D eigenvalue weighted by molar-refractivity contribution is 5.92. The first kappa shape index (κ1) is 14.1. The predicted octanol–water partition coefficient (Wildman–Crippen LogP) is 3.75. The highest BCUT2D eigenvalue weighted by Gasteiger charge is 2.12. The second-order valence-corrected chi connectivity index (χ2v) is 5.71. The summed E-state index contributed by atoms with van der Waals surface area (Å²) in [7, 11) is 1.70. The number of hydrogen-bond acceptors (Lipinski definition) is 4. The number of nitrogens with one attached hydrogen (secondary N) is 1. The molecule has 2 aromatic rings. The van der Waals surface area contributed by atoms with Crippen LogP contribution in [0, 0.1) is 6.92 Å².